The van der Waals surface area contributed by atoms with Gasteiger partial charge in [-0.25, -0.2) is 4.79 Å². The van der Waals surface area contributed by atoms with Crippen molar-refractivity contribution in [2.45, 2.75) is 12.7 Å². The maximum absolute atomic E-state index is 12.9. The zero-order valence-corrected chi connectivity index (χ0v) is 16.7. The highest BCUT2D eigenvalue weighted by Crippen LogP contribution is 2.28. The molecule has 0 radical (unpaired) electrons. The number of pyridine rings is 1. The maximum Gasteiger partial charge on any atom is 0.417 e. The van der Waals surface area contributed by atoms with Gasteiger partial charge in [-0.1, -0.05) is 41.6 Å². The highest BCUT2D eigenvalue weighted by Gasteiger charge is 2.31. The summed E-state index contributed by atoms with van der Waals surface area (Å²) >= 11 is 0. The monoisotopic (exact) mass is 460 g/mol. The number of aromatic nitrogens is 1. The number of rotatable bonds is 6. The first-order chi connectivity index (χ1) is 15.6. The number of hydrogen-bond donors (Lipinski definition) is 1. The lowest BCUT2D eigenvalue weighted by Crippen LogP contribution is -2.22. The van der Waals surface area contributed by atoms with Gasteiger partial charge in [-0.05, 0) is 17.7 Å². The topological polar surface area (TPSA) is 130 Å². The third-order valence-electron chi connectivity index (χ3n) is 4.46. The van der Waals surface area contributed by atoms with Crippen LogP contribution >= 0.6 is 0 Å². The second-order valence-electron chi connectivity index (χ2n) is 6.71. The Balaban J connectivity index is 1.73. The Morgan fingerprint density at radius 1 is 1.09 bits per heavy atom. The molecule has 0 aliphatic rings. The van der Waals surface area contributed by atoms with E-state index < -0.39 is 33.9 Å². The Bertz CT molecular complexity index is 1280. The van der Waals surface area contributed by atoms with Crippen molar-refractivity contribution in [2.24, 2.45) is 10.9 Å². The molecule has 0 saturated heterocycles. The van der Waals surface area contributed by atoms with Crippen LogP contribution in [-0.4, -0.2) is 21.3 Å². The molecule has 3 rings (SSSR count). The molecule has 2 aromatic carbocycles. The number of alkyl halides is 3. The Kier molecular flexibility index (Phi) is 6.56. The SMILES string of the molecule is N/C(=N\OC(=O)c1ccccc1[N+](=O)[O-])c1ccc(Cn2cc(C(F)(F)F)ccc2=O)cc1. The van der Waals surface area contributed by atoms with Gasteiger partial charge in [0.05, 0.1) is 17.0 Å². The molecule has 9 nitrogen and oxygen atoms in total. The molecule has 0 bridgehead atoms. The summed E-state index contributed by atoms with van der Waals surface area (Å²) in [5.41, 5.74) is 4.28. The van der Waals surface area contributed by atoms with Gasteiger partial charge in [0.25, 0.3) is 11.2 Å². The Labute approximate surface area is 183 Å². The van der Waals surface area contributed by atoms with Gasteiger partial charge >= 0.3 is 12.1 Å². The summed E-state index contributed by atoms with van der Waals surface area (Å²) in [6.07, 6.45) is -3.85. The standard InChI is InChI=1S/C21H15F3N4O5/c22-21(23,24)15-9-10-18(29)27(12-15)11-13-5-7-14(8-6-13)19(25)26-33-20(30)16-3-1-2-4-17(16)28(31)32/h1-10,12H,11H2,(H2,25,26). The van der Waals surface area contributed by atoms with Crippen LogP contribution in [-0.2, 0) is 17.6 Å². The Morgan fingerprint density at radius 2 is 1.76 bits per heavy atom. The van der Waals surface area contributed by atoms with E-state index in [0.29, 0.717) is 17.2 Å². The number of nitrogens with zero attached hydrogens (tertiary/aromatic N) is 3. The lowest BCUT2D eigenvalue weighted by molar-refractivity contribution is -0.385. The van der Waals surface area contributed by atoms with Crippen LogP contribution < -0.4 is 11.3 Å². The van der Waals surface area contributed by atoms with E-state index in [4.69, 9.17) is 5.73 Å². The number of benzene rings is 2. The average molecular weight is 460 g/mol. The predicted molar refractivity (Wildman–Crippen MR) is 110 cm³/mol. The molecule has 0 fully saturated rings. The second kappa shape index (κ2) is 9.34. The first-order valence-corrected chi connectivity index (χ1v) is 9.21. The van der Waals surface area contributed by atoms with Crippen LogP contribution in [0, 0.1) is 10.1 Å². The van der Waals surface area contributed by atoms with E-state index in [2.05, 4.69) is 9.99 Å². The van der Waals surface area contributed by atoms with Gasteiger partial charge < -0.3 is 15.1 Å². The van der Waals surface area contributed by atoms with E-state index in [-0.39, 0.29) is 17.9 Å². The lowest BCUT2D eigenvalue weighted by atomic mass is 10.1. The molecule has 170 valence electrons. The Hall–Kier alpha value is -4.48. The number of amidine groups is 1. The van der Waals surface area contributed by atoms with Gasteiger partial charge in [0.2, 0.25) is 0 Å². The minimum absolute atomic E-state index is 0.118. The molecule has 0 spiro atoms. The number of carbonyl (C=O) groups is 1. The molecule has 0 unspecified atom stereocenters. The molecule has 1 heterocycles. The fourth-order valence-electron chi connectivity index (χ4n) is 2.80. The van der Waals surface area contributed by atoms with Crippen LogP contribution in [0.1, 0.15) is 27.0 Å². The maximum atomic E-state index is 12.9. The van der Waals surface area contributed by atoms with Crippen molar-refractivity contribution in [1.82, 2.24) is 4.57 Å². The van der Waals surface area contributed by atoms with Crippen molar-refractivity contribution in [3.63, 3.8) is 0 Å². The van der Waals surface area contributed by atoms with Crippen molar-refractivity contribution in [3.8, 4) is 0 Å². The number of oxime groups is 1. The van der Waals surface area contributed by atoms with Gasteiger partial charge in [-0.2, -0.15) is 13.2 Å². The van der Waals surface area contributed by atoms with E-state index in [1.807, 2.05) is 0 Å². The zero-order chi connectivity index (χ0) is 24.2. The van der Waals surface area contributed by atoms with Gasteiger partial charge in [0.1, 0.15) is 5.56 Å². The minimum atomic E-state index is -4.58. The number of halogens is 3. The van der Waals surface area contributed by atoms with Crippen molar-refractivity contribution >= 4 is 17.5 Å². The molecule has 3 aromatic rings. The first kappa shape index (κ1) is 23.2. The summed E-state index contributed by atoms with van der Waals surface area (Å²) in [6, 6.07) is 12.7. The predicted octanol–water partition coefficient (Wildman–Crippen LogP) is 3.30. The van der Waals surface area contributed by atoms with E-state index in [1.165, 1.54) is 42.5 Å². The van der Waals surface area contributed by atoms with Crippen LogP contribution in [0.4, 0.5) is 18.9 Å². The third kappa shape index (κ3) is 5.61. The van der Waals surface area contributed by atoms with Crippen LogP contribution in [0.25, 0.3) is 0 Å². The van der Waals surface area contributed by atoms with Gasteiger partial charge in [0, 0.05) is 23.9 Å². The fourth-order valence-corrected chi connectivity index (χ4v) is 2.80. The highest BCUT2D eigenvalue weighted by molar-refractivity contribution is 5.98. The van der Waals surface area contributed by atoms with Crippen LogP contribution in [0.5, 0.6) is 0 Å². The van der Waals surface area contributed by atoms with E-state index in [1.54, 1.807) is 0 Å². The smallest absolute Gasteiger partial charge is 0.380 e. The van der Waals surface area contributed by atoms with Gasteiger partial charge in [0.15, 0.2) is 5.84 Å². The Morgan fingerprint density at radius 3 is 2.39 bits per heavy atom. The average Bonchev–Trinajstić information content (AvgIpc) is 2.78. The summed E-state index contributed by atoms with van der Waals surface area (Å²) in [5.74, 6) is -1.30. The summed E-state index contributed by atoms with van der Waals surface area (Å²) < 4.78 is 39.5. The summed E-state index contributed by atoms with van der Waals surface area (Å²) in [4.78, 5) is 38.9. The largest absolute Gasteiger partial charge is 0.417 e. The van der Waals surface area contributed by atoms with Crippen molar-refractivity contribution < 1.29 is 27.7 Å². The minimum Gasteiger partial charge on any atom is -0.380 e. The third-order valence-corrected chi connectivity index (χ3v) is 4.46. The van der Waals surface area contributed by atoms with Gasteiger partial charge in [-0.3, -0.25) is 14.9 Å². The summed E-state index contributed by atoms with van der Waals surface area (Å²) in [7, 11) is 0. The van der Waals surface area contributed by atoms with Crippen LogP contribution in [0.15, 0.2) is 76.8 Å². The molecular weight excluding hydrogens is 445 g/mol. The number of para-hydroxylation sites is 1. The van der Waals surface area contributed by atoms with E-state index in [9.17, 15) is 32.9 Å². The number of nitro groups is 1. The normalized spacial score (nSPS) is 11.8. The lowest BCUT2D eigenvalue weighted by Gasteiger charge is -2.11. The molecule has 0 aliphatic heterocycles. The van der Waals surface area contributed by atoms with Crippen molar-refractivity contribution in [2.75, 3.05) is 0 Å². The molecule has 1 aromatic heterocycles. The first-order valence-electron chi connectivity index (χ1n) is 9.21. The quantitative estimate of drug-likeness (QED) is 0.198. The van der Waals surface area contributed by atoms with Crippen LogP contribution in [0.2, 0.25) is 0 Å². The number of hydrogen-bond acceptors (Lipinski definition) is 6. The molecule has 0 atom stereocenters. The molecular formula is C21H15F3N4O5. The summed E-state index contributed by atoms with van der Waals surface area (Å²) in [6.45, 7) is -0.118. The fraction of sp³-hybridized carbons (Fsp3) is 0.0952. The molecule has 33 heavy (non-hydrogen) atoms. The zero-order valence-electron chi connectivity index (χ0n) is 16.7. The van der Waals surface area contributed by atoms with Crippen LogP contribution in [0.3, 0.4) is 0 Å². The number of nitrogens with two attached hydrogens (primary N) is 1. The molecule has 2 N–H and O–H groups in total. The number of nitro benzene ring substituents is 1. The van der Waals surface area contributed by atoms with E-state index in [0.717, 1.165) is 22.9 Å². The van der Waals surface area contributed by atoms with Crippen molar-refractivity contribution in [1.29, 1.82) is 0 Å². The molecule has 0 saturated carbocycles. The van der Waals surface area contributed by atoms with E-state index >= 15 is 0 Å². The second-order valence-corrected chi connectivity index (χ2v) is 6.71. The molecule has 0 aliphatic carbocycles. The molecule has 0 amide bonds. The van der Waals surface area contributed by atoms with Gasteiger partial charge in [-0.15, -0.1) is 0 Å². The number of carbonyl (C=O) groups excluding carboxylic acids is 1. The molecule has 12 heteroatoms. The summed E-state index contributed by atoms with van der Waals surface area (Å²) in [5, 5.41) is 14.5. The van der Waals surface area contributed by atoms with Crippen molar-refractivity contribution in [3.05, 3.63) is 110 Å². The highest BCUT2D eigenvalue weighted by atomic mass is 19.4.